The molecule has 196 valence electrons. The second-order valence-corrected chi connectivity index (χ2v) is 10.5. The number of aryl methyl sites for hydroxylation is 2. The highest BCUT2D eigenvalue weighted by Gasteiger charge is 2.39. The van der Waals surface area contributed by atoms with Crippen molar-refractivity contribution in [3.63, 3.8) is 0 Å². The van der Waals surface area contributed by atoms with E-state index < -0.39 is 12.0 Å². The molecule has 0 spiro atoms. The molecule has 0 radical (unpaired) electrons. The molecular weight excluding hydrogens is 456 g/mol. The van der Waals surface area contributed by atoms with Crippen LogP contribution in [0.3, 0.4) is 0 Å². The normalized spacial score (nSPS) is 23.8. The first kappa shape index (κ1) is 26.2. The fraction of sp³-hybridized carbons (Fsp3) is 0.607. The largest absolute Gasteiger partial charge is 0.463 e. The van der Waals surface area contributed by atoms with Crippen LogP contribution in [0.5, 0.6) is 0 Å². The smallest absolute Gasteiger partial charge is 0.338 e. The number of carbonyl (C=O) groups excluding carboxylic acids is 3. The minimum Gasteiger partial charge on any atom is -0.463 e. The molecule has 3 amide bonds. The predicted octanol–water partition coefficient (Wildman–Crippen LogP) is 3.54. The molecule has 36 heavy (non-hydrogen) atoms. The molecule has 2 atom stereocenters. The van der Waals surface area contributed by atoms with Crippen LogP contribution in [0.2, 0.25) is 0 Å². The van der Waals surface area contributed by atoms with E-state index in [0.717, 1.165) is 42.4 Å². The minimum atomic E-state index is -0.578. The quantitative estimate of drug-likeness (QED) is 0.610. The molecular formula is C28H40N4O4. The SMILES string of the molecule is CCOC(=O)C1=C(CN2CCN(C(=O)C3CCCC3)C(C)C2)N(C)C(=O)NC1c1cc(C)ccc1C. The molecule has 2 unspecified atom stereocenters. The van der Waals surface area contributed by atoms with Gasteiger partial charge in [-0.05, 0) is 51.7 Å². The summed E-state index contributed by atoms with van der Waals surface area (Å²) in [6.45, 7) is 10.6. The topological polar surface area (TPSA) is 82.2 Å². The molecule has 2 heterocycles. The zero-order chi connectivity index (χ0) is 26.0. The molecule has 1 saturated heterocycles. The second kappa shape index (κ2) is 11.0. The van der Waals surface area contributed by atoms with E-state index in [1.807, 2.05) is 36.9 Å². The summed E-state index contributed by atoms with van der Waals surface area (Å²) in [5.74, 6) is 0.0483. The fourth-order valence-corrected chi connectivity index (χ4v) is 5.83. The molecule has 2 fully saturated rings. The third-order valence-electron chi connectivity index (χ3n) is 7.89. The lowest BCUT2D eigenvalue weighted by Crippen LogP contribution is -2.57. The van der Waals surface area contributed by atoms with Crippen LogP contribution in [0.15, 0.2) is 29.5 Å². The lowest BCUT2D eigenvalue weighted by molar-refractivity contribution is -0.140. The molecule has 2 aliphatic heterocycles. The number of nitrogens with zero attached hydrogens (tertiary/aromatic N) is 3. The first-order valence-electron chi connectivity index (χ1n) is 13.3. The summed E-state index contributed by atoms with van der Waals surface area (Å²) in [6, 6.07) is 5.32. The first-order valence-corrected chi connectivity index (χ1v) is 13.3. The van der Waals surface area contributed by atoms with Crippen LogP contribution in [-0.2, 0) is 14.3 Å². The molecule has 1 aromatic rings. The van der Waals surface area contributed by atoms with Crippen molar-refractivity contribution in [2.75, 3.05) is 39.8 Å². The molecule has 1 N–H and O–H groups in total. The molecule has 3 aliphatic rings. The molecule has 0 aromatic heterocycles. The number of rotatable bonds is 6. The number of hydrogen-bond donors (Lipinski definition) is 1. The standard InChI is InChI=1S/C28H40N4O4/c1-6-36-27(34)24-23(30(5)28(35)29-25(24)22-15-18(2)11-12-19(22)3)17-31-13-14-32(20(4)16-31)26(33)21-9-7-8-10-21/h11-12,15,20-21,25H,6-10,13-14,16-17H2,1-5H3,(H,29,35). The number of nitrogens with one attached hydrogen (secondary N) is 1. The highest BCUT2D eigenvalue weighted by molar-refractivity contribution is 5.95. The van der Waals surface area contributed by atoms with Crippen LogP contribution in [-0.4, -0.2) is 78.5 Å². The number of esters is 1. The van der Waals surface area contributed by atoms with Gasteiger partial charge in [0.1, 0.15) is 0 Å². The summed E-state index contributed by atoms with van der Waals surface area (Å²) >= 11 is 0. The number of likely N-dealkylation sites (N-methyl/N-ethyl adjacent to an activating group) is 1. The van der Waals surface area contributed by atoms with Gasteiger partial charge >= 0.3 is 12.0 Å². The maximum Gasteiger partial charge on any atom is 0.338 e. The molecule has 4 rings (SSSR count). The Morgan fingerprint density at radius 2 is 1.86 bits per heavy atom. The Balaban J connectivity index is 1.62. The van der Waals surface area contributed by atoms with Gasteiger partial charge < -0.3 is 15.0 Å². The fourth-order valence-electron chi connectivity index (χ4n) is 5.83. The van der Waals surface area contributed by atoms with Gasteiger partial charge in [-0.1, -0.05) is 36.6 Å². The summed E-state index contributed by atoms with van der Waals surface area (Å²) in [7, 11) is 1.70. The number of amides is 3. The number of urea groups is 1. The van der Waals surface area contributed by atoms with Crippen molar-refractivity contribution in [2.45, 2.75) is 65.5 Å². The minimum absolute atomic E-state index is 0.0797. The number of benzene rings is 1. The van der Waals surface area contributed by atoms with Crippen molar-refractivity contribution in [3.8, 4) is 0 Å². The Morgan fingerprint density at radius 1 is 1.14 bits per heavy atom. The van der Waals surface area contributed by atoms with E-state index >= 15 is 0 Å². The molecule has 1 saturated carbocycles. The van der Waals surface area contributed by atoms with Crippen LogP contribution in [0, 0.1) is 19.8 Å². The van der Waals surface area contributed by atoms with Crippen molar-refractivity contribution < 1.29 is 19.1 Å². The first-order chi connectivity index (χ1) is 17.2. The van der Waals surface area contributed by atoms with Gasteiger partial charge in [0.05, 0.1) is 18.2 Å². The molecule has 8 nitrogen and oxygen atoms in total. The Labute approximate surface area is 214 Å². The highest BCUT2D eigenvalue weighted by Crippen LogP contribution is 2.34. The summed E-state index contributed by atoms with van der Waals surface area (Å²) < 4.78 is 5.49. The average molecular weight is 497 g/mol. The summed E-state index contributed by atoms with van der Waals surface area (Å²) in [5, 5.41) is 3.03. The van der Waals surface area contributed by atoms with Crippen LogP contribution >= 0.6 is 0 Å². The summed E-state index contributed by atoms with van der Waals surface area (Å²) in [5.41, 5.74) is 4.10. The third kappa shape index (κ3) is 5.28. The van der Waals surface area contributed by atoms with E-state index in [-0.39, 0.29) is 30.5 Å². The molecule has 1 aliphatic carbocycles. The zero-order valence-corrected chi connectivity index (χ0v) is 22.3. The Kier molecular flexibility index (Phi) is 8.03. The maximum absolute atomic E-state index is 13.3. The van der Waals surface area contributed by atoms with Gasteiger partial charge in [0.15, 0.2) is 0 Å². The van der Waals surface area contributed by atoms with E-state index in [1.165, 1.54) is 4.90 Å². The Bertz CT molecular complexity index is 1050. The second-order valence-electron chi connectivity index (χ2n) is 10.5. The van der Waals surface area contributed by atoms with E-state index in [9.17, 15) is 14.4 Å². The number of ether oxygens (including phenoxy) is 1. The van der Waals surface area contributed by atoms with E-state index in [1.54, 1.807) is 14.0 Å². The van der Waals surface area contributed by atoms with E-state index in [2.05, 4.69) is 17.1 Å². The van der Waals surface area contributed by atoms with Gasteiger partial charge in [-0.15, -0.1) is 0 Å². The van der Waals surface area contributed by atoms with Gasteiger partial charge in [0.25, 0.3) is 0 Å². The van der Waals surface area contributed by atoms with Crippen LogP contribution in [0.4, 0.5) is 4.79 Å². The number of carbonyl (C=O) groups is 3. The van der Waals surface area contributed by atoms with Gasteiger partial charge in [-0.3, -0.25) is 14.6 Å². The Hall–Kier alpha value is -2.87. The van der Waals surface area contributed by atoms with Crippen LogP contribution < -0.4 is 5.32 Å². The zero-order valence-electron chi connectivity index (χ0n) is 22.3. The Morgan fingerprint density at radius 3 is 2.53 bits per heavy atom. The molecule has 0 bridgehead atoms. The summed E-state index contributed by atoms with van der Waals surface area (Å²) in [6.07, 6.45) is 4.29. The van der Waals surface area contributed by atoms with Crippen molar-refractivity contribution in [1.29, 1.82) is 0 Å². The van der Waals surface area contributed by atoms with Crippen molar-refractivity contribution in [1.82, 2.24) is 20.0 Å². The van der Waals surface area contributed by atoms with E-state index in [4.69, 9.17) is 4.74 Å². The van der Waals surface area contributed by atoms with Crippen molar-refractivity contribution >= 4 is 17.9 Å². The number of piperazine rings is 1. The lowest BCUT2D eigenvalue weighted by atomic mass is 9.90. The third-order valence-corrected chi connectivity index (χ3v) is 7.89. The van der Waals surface area contributed by atoms with Crippen LogP contribution in [0.1, 0.15) is 62.3 Å². The predicted molar refractivity (Wildman–Crippen MR) is 138 cm³/mol. The van der Waals surface area contributed by atoms with Gasteiger partial charge in [0.2, 0.25) is 5.91 Å². The highest BCUT2D eigenvalue weighted by atomic mass is 16.5. The van der Waals surface area contributed by atoms with Gasteiger partial charge in [-0.2, -0.15) is 0 Å². The van der Waals surface area contributed by atoms with Gasteiger partial charge in [0, 0.05) is 50.9 Å². The van der Waals surface area contributed by atoms with Gasteiger partial charge in [-0.25, -0.2) is 9.59 Å². The monoisotopic (exact) mass is 496 g/mol. The molecule has 8 heteroatoms. The lowest BCUT2D eigenvalue weighted by Gasteiger charge is -2.43. The van der Waals surface area contributed by atoms with Crippen LogP contribution in [0.25, 0.3) is 0 Å². The molecule has 1 aromatic carbocycles. The van der Waals surface area contributed by atoms with E-state index in [0.29, 0.717) is 37.4 Å². The average Bonchev–Trinajstić information content (AvgIpc) is 3.38. The van der Waals surface area contributed by atoms with Crippen molar-refractivity contribution in [3.05, 3.63) is 46.2 Å². The number of hydrogen-bond acceptors (Lipinski definition) is 5. The van der Waals surface area contributed by atoms with Crippen molar-refractivity contribution in [2.24, 2.45) is 5.92 Å². The maximum atomic E-state index is 13.3. The summed E-state index contributed by atoms with van der Waals surface area (Å²) in [4.78, 5) is 45.2.